The zero-order valence-electron chi connectivity index (χ0n) is 13.2. The largest absolute Gasteiger partial charge is 0.469 e. The Labute approximate surface area is 137 Å². The van der Waals surface area contributed by atoms with E-state index in [0.717, 1.165) is 12.1 Å². The molecule has 0 N–H and O–H groups in total. The Morgan fingerprint density at radius 3 is 2.29 bits per heavy atom. The Bertz CT molecular complexity index is 664. The summed E-state index contributed by atoms with van der Waals surface area (Å²) in [5.74, 6) is -2.60. The number of ether oxygens (including phenoxy) is 2. The fourth-order valence-electron chi connectivity index (χ4n) is 2.84. The van der Waals surface area contributed by atoms with Crippen molar-refractivity contribution in [1.29, 1.82) is 0 Å². The minimum atomic E-state index is -4.44. The maximum atomic E-state index is 12.9. The minimum absolute atomic E-state index is 0.119. The van der Waals surface area contributed by atoms with E-state index < -0.39 is 35.5 Å². The molecule has 0 saturated heterocycles. The van der Waals surface area contributed by atoms with E-state index in [0.29, 0.717) is 11.1 Å². The van der Waals surface area contributed by atoms with Gasteiger partial charge in [0.25, 0.3) is 0 Å². The molecule has 0 aromatic heterocycles. The van der Waals surface area contributed by atoms with Gasteiger partial charge in [-0.15, -0.1) is 0 Å². The number of hydrogen-bond acceptors (Lipinski definition) is 4. The van der Waals surface area contributed by atoms with Gasteiger partial charge in [-0.25, -0.2) is 0 Å². The standard InChI is InChI=1S/C17H17F3O4/c1-23-15(21)13-7-6-11(9-14(13)16(22)24-2)10-4-3-5-12(8-10)17(18,19)20/h3-6,8,13-14H,7,9H2,1-2H3/t13-,14-/m0/s1. The van der Waals surface area contributed by atoms with Crippen LogP contribution in [0.4, 0.5) is 13.2 Å². The van der Waals surface area contributed by atoms with E-state index in [1.165, 1.54) is 20.3 Å². The van der Waals surface area contributed by atoms with Gasteiger partial charge in [0.1, 0.15) is 0 Å². The lowest BCUT2D eigenvalue weighted by atomic mass is 9.77. The lowest BCUT2D eigenvalue weighted by Gasteiger charge is -2.28. The highest BCUT2D eigenvalue weighted by Crippen LogP contribution is 2.38. The number of methoxy groups -OCH3 is 2. The van der Waals surface area contributed by atoms with Gasteiger partial charge in [-0.05, 0) is 36.1 Å². The van der Waals surface area contributed by atoms with Gasteiger partial charge in [-0.3, -0.25) is 9.59 Å². The molecule has 2 atom stereocenters. The van der Waals surface area contributed by atoms with Gasteiger partial charge in [0, 0.05) is 0 Å². The number of esters is 2. The quantitative estimate of drug-likeness (QED) is 0.790. The van der Waals surface area contributed by atoms with Crippen LogP contribution in [0, 0.1) is 11.8 Å². The van der Waals surface area contributed by atoms with Gasteiger partial charge in [-0.1, -0.05) is 18.2 Å². The smallest absolute Gasteiger partial charge is 0.416 e. The van der Waals surface area contributed by atoms with Crippen LogP contribution >= 0.6 is 0 Å². The average Bonchev–Trinajstić information content (AvgIpc) is 2.59. The third-order valence-electron chi connectivity index (χ3n) is 4.11. The number of rotatable bonds is 3. The molecule has 1 aliphatic rings. The molecule has 0 saturated carbocycles. The molecule has 130 valence electrons. The summed E-state index contributed by atoms with van der Waals surface area (Å²) < 4.78 is 48.0. The summed E-state index contributed by atoms with van der Waals surface area (Å²) in [6, 6.07) is 4.90. The van der Waals surface area contributed by atoms with Crippen LogP contribution in [0.15, 0.2) is 30.3 Å². The summed E-state index contributed by atoms with van der Waals surface area (Å²) in [6.45, 7) is 0. The highest BCUT2D eigenvalue weighted by molar-refractivity contribution is 5.85. The molecular weight excluding hydrogens is 325 g/mol. The van der Waals surface area contributed by atoms with Crippen molar-refractivity contribution in [3.63, 3.8) is 0 Å². The van der Waals surface area contributed by atoms with E-state index in [9.17, 15) is 22.8 Å². The second-order valence-electron chi connectivity index (χ2n) is 5.51. The topological polar surface area (TPSA) is 52.6 Å². The predicted octanol–water partition coefficient (Wildman–Crippen LogP) is 3.46. The molecule has 0 fully saturated rings. The first kappa shape index (κ1) is 18.0. The van der Waals surface area contributed by atoms with E-state index in [2.05, 4.69) is 0 Å². The van der Waals surface area contributed by atoms with Gasteiger partial charge in [0.15, 0.2) is 0 Å². The fourth-order valence-corrected chi connectivity index (χ4v) is 2.84. The minimum Gasteiger partial charge on any atom is -0.469 e. The second kappa shape index (κ2) is 7.07. The Hall–Kier alpha value is -2.31. The summed E-state index contributed by atoms with van der Waals surface area (Å²) in [5.41, 5.74) is 0.198. The van der Waals surface area contributed by atoms with Crippen LogP contribution in [0.3, 0.4) is 0 Å². The van der Waals surface area contributed by atoms with Gasteiger partial charge < -0.3 is 9.47 Å². The molecule has 0 spiro atoms. The van der Waals surface area contributed by atoms with Crippen LogP contribution in [0.5, 0.6) is 0 Å². The van der Waals surface area contributed by atoms with E-state index in [-0.39, 0.29) is 12.8 Å². The van der Waals surface area contributed by atoms with Crippen molar-refractivity contribution in [3.05, 3.63) is 41.5 Å². The van der Waals surface area contributed by atoms with Crippen LogP contribution in [-0.4, -0.2) is 26.2 Å². The Morgan fingerprint density at radius 1 is 1.08 bits per heavy atom. The van der Waals surface area contributed by atoms with Crippen molar-refractivity contribution in [1.82, 2.24) is 0 Å². The Morgan fingerprint density at radius 2 is 1.71 bits per heavy atom. The molecule has 0 bridgehead atoms. The summed E-state index contributed by atoms with van der Waals surface area (Å²) in [4.78, 5) is 23.8. The van der Waals surface area contributed by atoms with E-state index in [4.69, 9.17) is 9.47 Å². The molecule has 1 aromatic rings. The lowest BCUT2D eigenvalue weighted by Crippen LogP contribution is -2.33. The van der Waals surface area contributed by atoms with Crippen LogP contribution in [0.25, 0.3) is 5.57 Å². The summed E-state index contributed by atoms with van der Waals surface area (Å²) in [7, 11) is 2.43. The molecule has 7 heteroatoms. The molecule has 2 rings (SSSR count). The first-order chi connectivity index (χ1) is 11.3. The Balaban J connectivity index is 2.34. The van der Waals surface area contributed by atoms with Crippen LogP contribution in [-0.2, 0) is 25.2 Å². The molecule has 4 nitrogen and oxygen atoms in total. The van der Waals surface area contributed by atoms with E-state index in [1.807, 2.05) is 0 Å². The van der Waals surface area contributed by atoms with Crippen molar-refractivity contribution in [3.8, 4) is 0 Å². The van der Waals surface area contributed by atoms with Crippen molar-refractivity contribution in [2.24, 2.45) is 11.8 Å². The average molecular weight is 342 g/mol. The first-order valence-corrected chi connectivity index (χ1v) is 7.30. The van der Waals surface area contributed by atoms with Gasteiger partial charge >= 0.3 is 18.1 Å². The molecular formula is C17H17F3O4. The number of alkyl halides is 3. The number of hydrogen-bond donors (Lipinski definition) is 0. The maximum Gasteiger partial charge on any atom is 0.416 e. The summed E-state index contributed by atoms with van der Waals surface area (Å²) >= 11 is 0. The predicted molar refractivity (Wildman–Crippen MR) is 79.7 cm³/mol. The first-order valence-electron chi connectivity index (χ1n) is 7.30. The second-order valence-corrected chi connectivity index (χ2v) is 5.51. The highest BCUT2D eigenvalue weighted by atomic mass is 19.4. The molecule has 1 aliphatic carbocycles. The molecule has 0 unspecified atom stereocenters. The van der Waals surface area contributed by atoms with Crippen molar-refractivity contribution in [2.45, 2.75) is 19.0 Å². The van der Waals surface area contributed by atoms with E-state index >= 15 is 0 Å². The van der Waals surface area contributed by atoms with E-state index in [1.54, 1.807) is 12.1 Å². The third kappa shape index (κ3) is 3.77. The number of allylic oxidation sites excluding steroid dienone is 2. The fraction of sp³-hybridized carbons (Fsp3) is 0.412. The van der Waals surface area contributed by atoms with Crippen molar-refractivity contribution >= 4 is 17.5 Å². The summed E-state index contributed by atoms with van der Waals surface area (Å²) in [5, 5.41) is 0. The monoisotopic (exact) mass is 342 g/mol. The van der Waals surface area contributed by atoms with Gasteiger partial charge in [0.2, 0.25) is 0 Å². The number of benzene rings is 1. The SMILES string of the molecule is COC(=O)[C@H]1CC=C(c2cccc(C(F)(F)F)c2)C[C@@H]1C(=O)OC. The van der Waals surface area contributed by atoms with Crippen LogP contribution in [0.2, 0.25) is 0 Å². The normalized spacial score (nSPS) is 21.0. The molecule has 0 radical (unpaired) electrons. The summed E-state index contributed by atoms with van der Waals surface area (Å²) in [6.07, 6.45) is -2.44. The highest BCUT2D eigenvalue weighted by Gasteiger charge is 2.38. The van der Waals surface area contributed by atoms with Crippen molar-refractivity contribution in [2.75, 3.05) is 14.2 Å². The lowest BCUT2D eigenvalue weighted by molar-refractivity contribution is -0.157. The number of carbonyl (C=O) groups is 2. The molecule has 0 amide bonds. The van der Waals surface area contributed by atoms with Crippen molar-refractivity contribution < 1.29 is 32.2 Å². The molecule has 0 heterocycles. The maximum absolute atomic E-state index is 12.9. The zero-order chi connectivity index (χ0) is 17.9. The zero-order valence-corrected chi connectivity index (χ0v) is 13.2. The molecule has 1 aromatic carbocycles. The van der Waals surface area contributed by atoms with Gasteiger partial charge in [0.05, 0.1) is 31.6 Å². The number of halogens is 3. The third-order valence-corrected chi connectivity index (χ3v) is 4.11. The Kier molecular flexibility index (Phi) is 5.31. The van der Waals surface area contributed by atoms with Crippen LogP contribution in [0.1, 0.15) is 24.0 Å². The molecule has 0 aliphatic heterocycles. The van der Waals surface area contributed by atoms with Crippen LogP contribution < -0.4 is 0 Å². The van der Waals surface area contributed by atoms with Gasteiger partial charge in [-0.2, -0.15) is 13.2 Å². The molecule has 24 heavy (non-hydrogen) atoms. The number of carbonyl (C=O) groups excluding carboxylic acids is 2.